The first kappa shape index (κ1) is 9.42. The van der Waals surface area contributed by atoms with Crippen molar-refractivity contribution in [2.24, 2.45) is 0 Å². The Bertz CT molecular complexity index is 615. The predicted molar refractivity (Wildman–Crippen MR) is 59.5 cm³/mol. The molecule has 5 heteroatoms. The second kappa shape index (κ2) is 3.64. The van der Waals surface area contributed by atoms with Crippen molar-refractivity contribution in [1.29, 1.82) is 0 Å². The van der Waals surface area contributed by atoms with E-state index in [2.05, 4.69) is 10.2 Å². The zero-order valence-corrected chi connectivity index (χ0v) is 9.05. The minimum atomic E-state index is 0.606. The van der Waals surface area contributed by atoms with Gasteiger partial charge in [0.1, 0.15) is 11.6 Å². The first-order valence-corrected chi connectivity index (χ1v) is 5.22. The van der Waals surface area contributed by atoms with Crippen LogP contribution in [0.5, 0.6) is 0 Å². The van der Waals surface area contributed by atoms with E-state index in [0.717, 1.165) is 17.2 Å². The van der Waals surface area contributed by atoms with Crippen molar-refractivity contribution in [3.63, 3.8) is 0 Å². The Kier molecular flexibility index (Phi) is 2.15. The van der Waals surface area contributed by atoms with E-state index in [1.807, 2.05) is 22.6 Å². The van der Waals surface area contributed by atoms with Gasteiger partial charge in [-0.2, -0.15) is 0 Å². The number of rotatable bonds is 2. The molecule has 0 bridgehead atoms. The smallest absolute Gasteiger partial charge is 0.160 e. The molecule has 16 heavy (non-hydrogen) atoms. The summed E-state index contributed by atoms with van der Waals surface area (Å²) in [6.45, 7) is 0. The van der Waals surface area contributed by atoms with Gasteiger partial charge in [-0.15, -0.1) is 10.2 Å². The molecule has 0 fully saturated rings. The Morgan fingerprint density at radius 2 is 2.19 bits per heavy atom. The van der Waals surface area contributed by atoms with E-state index in [1.54, 1.807) is 18.5 Å². The SMILES string of the molecule is Clc1ccc2nnc(Cc3ccco3)n2c1. The van der Waals surface area contributed by atoms with Crippen LogP contribution in [0.15, 0.2) is 41.1 Å². The average molecular weight is 234 g/mol. The van der Waals surface area contributed by atoms with Crippen molar-refractivity contribution in [2.45, 2.75) is 6.42 Å². The highest BCUT2D eigenvalue weighted by Crippen LogP contribution is 2.14. The second-order valence-electron chi connectivity index (χ2n) is 3.45. The first-order valence-electron chi connectivity index (χ1n) is 4.84. The molecule has 80 valence electrons. The van der Waals surface area contributed by atoms with E-state index < -0.39 is 0 Å². The summed E-state index contributed by atoms with van der Waals surface area (Å²) in [5, 5.41) is 8.82. The number of nitrogens with zero attached hydrogens (tertiary/aromatic N) is 3. The van der Waals surface area contributed by atoms with Gasteiger partial charge in [-0.05, 0) is 24.3 Å². The van der Waals surface area contributed by atoms with Gasteiger partial charge in [-0.3, -0.25) is 4.40 Å². The van der Waals surface area contributed by atoms with Crippen molar-refractivity contribution in [3.05, 3.63) is 53.3 Å². The maximum absolute atomic E-state index is 5.93. The third kappa shape index (κ3) is 1.57. The number of hydrogen-bond acceptors (Lipinski definition) is 3. The minimum Gasteiger partial charge on any atom is -0.469 e. The standard InChI is InChI=1S/C11H8ClN3O/c12-8-3-4-10-13-14-11(15(10)7-8)6-9-2-1-5-16-9/h1-5,7H,6H2. The van der Waals surface area contributed by atoms with E-state index >= 15 is 0 Å². The molecule has 3 aromatic heterocycles. The molecule has 0 aliphatic rings. The highest BCUT2D eigenvalue weighted by Gasteiger charge is 2.07. The number of pyridine rings is 1. The number of fused-ring (bicyclic) bond motifs is 1. The second-order valence-corrected chi connectivity index (χ2v) is 3.88. The fourth-order valence-electron chi connectivity index (χ4n) is 1.60. The Morgan fingerprint density at radius 3 is 3.00 bits per heavy atom. The molecule has 3 rings (SSSR count). The Hall–Kier alpha value is -1.81. The summed E-state index contributed by atoms with van der Waals surface area (Å²) < 4.78 is 7.14. The molecule has 0 aliphatic heterocycles. The third-order valence-corrected chi connectivity index (χ3v) is 2.57. The van der Waals surface area contributed by atoms with Crippen LogP contribution in [0.1, 0.15) is 11.6 Å². The lowest BCUT2D eigenvalue weighted by atomic mass is 10.3. The summed E-state index contributed by atoms with van der Waals surface area (Å²) >= 11 is 5.93. The molecule has 0 radical (unpaired) electrons. The molecule has 0 aliphatic carbocycles. The van der Waals surface area contributed by atoms with Crippen molar-refractivity contribution in [2.75, 3.05) is 0 Å². The zero-order valence-electron chi connectivity index (χ0n) is 8.30. The van der Waals surface area contributed by atoms with Gasteiger partial charge in [0.25, 0.3) is 0 Å². The van der Waals surface area contributed by atoms with Gasteiger partial charge in [-0.25, -0.2) is 0 Å². The largest absolute Gasteiger partial charge is 0.469 e. The van der Waals surface area contributed by atoms with Gasteiger partial charge in [0.15, 0.2) is 5.65 Å². The summed E-state index contributed by atoms with van der Waals surface area (Å²) in [6, 6.07) is 7.39. The maximum Gasteiger partial charge on any atom is 0.160 e. The molecule has 0 amide bonds. The summed E-state index contributed by atoms with van der Waals surface area (Å²) in [7, 11) is 0. The maximum atomic E-state index is 5.93. The van der Waals surface area contributed by atoms with Gasteiger partial charge < -0.3 is 4.42 Å². The molecule has 0 atom stereocenters. The van der Waals surface area contributed by atoms with E-state index in [4.69, 9.17) is 16.0 Å². The third-order valence-electron chi connectivity index (χ3n) is 2.35. The molecule has 0 spiro atoms. The predicted octanol–water partition coefficient (Wildman–Crippen LogP) is 2.57. The number of aromatic nitrogens is 3. The van der Waals surface area contributed by atoms with Crippen LogP contribution >= 0.6 is 11.6 Å². The fourth-order valence-corrected chi connectivity index (χ4v) is 1.76. The molecule has 3 aromatic rings. The Balaban J connectivity index is 2.07. The molecule has 0 saturated carbocycles. The Labute approximate surface area is 96.5 Å². The minimum absolute atomic E-state index is 0.606. The van der Waals surface area contributed by atoms with E-state index in [1.165, 1.54) is 0 Å². The fraction of sp³-hybridized carbons (Fsp3) is 0.0909. The molecular formula is C11H8ClN3O. The molecular weight excluding hydrogens is 226 g/mol. The van der Waals surface area contributed by atoms with E-state index in [9.17, 15) is 0 Å². The molecule has 0 unspecified atom stereocenters. The van der Waals surface area contributed by atoms with Crippen LogP contribution in [-0.2, 0) is 6.42 Å². The van der Waals surface area contributed by atoms with Crippen molar-refractivity contribution >= 4 is 17.2 Å². The van der Waals surface area contributed by atoms with Crippen LogP contribution in [0, 0.1) is 0 Å². The molecule has 4 nitrogen and oxygen atoms in total. The number of furan rings is 1. The number of hydrogen-bond donors (Lipinski definition) is 0. The lowest BCUT2D eigenvalue weighted by Crippen LogP contribution is -1.95. The monoisotopic (exact) mass is 233 g/mol. The van der Waals surface area contributed by atoms with Crippen LogP contribution in [0.3, 0.4) is 0 Å². The average Bonchev–Trinajstić information content (AvgIpc) is 2.90. The highest BCUT2D eigenvalue weighted by atomic mass is 35.5. The summed E-state index contributed by atoms with van der Waals surface area (Å²) in [5.41, 5.74) is 0.783. The topological polar surface area (TPSA) is 43.3 Å². The van der Waals surface area contributed by atoms with Crippen molar-refractivity contribution in [3.8, 4) is 0 Å². The summed E-state index contributed by atoms with van der Waals surface area (Å²) in [6.07, 6.45) is 4.05. The van der Waals surface area contributed by atoms with E-state index in [0.29, 0.717) is 11.4 Å². The van der Waals surface area contributed by atoms with Crippen LogP contribution in [-0.4, -0.2) is 14.6 Å². The van der Waals surface area contributed by atoms with Crippen LogP contribution < -0.4 is 0 Å². The van der Waals surface area contributed by atoms with Crippen molar-refractivity contribution < 1.29 is 4.42 Å². The van der Waals surface area contributed by atoms with Crippen molar-refractivity contribution in [1.82, 2.24) is 14.6 Å². The lowest BCUT2D eigenvalue weighted by Gasteiger charge is -1.97. The highest BCUT2D eigenvalue weighted by molar-refractivity contribution is 6.30. The zero-order chi connectivity index (χ0) is 11.0. The van der Waals surface area contributed by atoms with Crippen LogP contribution in [0.4, 0.5) is 0 Å². The summed E-state index contributed by atoms with van der Waals surface area (Å²) in [5.74, 6) is 1.67. The molecule has 0 aromatic carbocycles. The molecule has 0 saturated heterocycles. The van der Waals surface area contributed by atoms with Gasteiger partial charge in [0.05, 0.1) is 17.7 Å². The number of halogens is 1. The van der Waals surface area contributed by atoms with E-state index in [-0.39, 0.29) is 0 Å². The van der Waals surface area contributed by atoms with Crippen LogP contribution in [0.25, 0.3) is 5.65 Å². The first-order chi connectivity index (χ1) is 7.83. The normalized spacial score (nSPS) is 11.1. The molecule has 0 N–H and O–H groups in total. The van der Waals surface area contributed by atoms with Gasteiger partial charge >= 0.3 is 0 Å². The Morgan fingerprint density at radius 1 is 1.25 bits per heavy atom. The van der Waals surface area contributed by atoms with Crippen LogP contribution in [0.2, 0.25) is 5.02 Å². The quantitative estimate of drug-likeness (QED) is 0.683. The van der Waals surface area contributed by atoms with Gasteiger partial charge in [-0.1, -0.05) is 11.6 Å². The summed E-state index contributed by atoms with van der Waals surface area (Å²) in [4.78, 5) is 0. The lowest BCUT2D eigenvalue weighted by molar-refractivity contribution is 0.516. The van der Waals surface area contributed by atoms with Gasteiger partial charge in [0.2, 0.25) is 0 Å². The molecule has 3 heterocycles. The van der Waals surface area contributed by atoms with Gasteiger partial charge in [0, 0.05) is 6.20 Å².